The van der Waals surface area contributed by atoms with Gasteiger partial charge in [0, 0.05) is 30.2 Å². The molecule has 1 aliphatic carbocycles. The number of hydrogen-bond acceptors (Lipinski definition) is 2. The molecule has 106 valence electrons. The largest absolute Gasteiger partial charge is 0.308 e. The molecule has 2 aliphatic rings. The number of rotatable bonds is 3. The normalized spacial score (nSPS) is 27.8. The van der Waals surface area contributed by atoms with Crippen LogP contribution < -0.4 is 5.32 Å². The lowest BCUT2D eigenvalue weighted by Gasteiger charge is -2.56. The number of nitrogens with one attached hydrogen (secondary N) is 1. The monoisotopic (exact) mass is 252 g/mol. The SMILES string of the molecule is CCC(CC)N1CC2(CCCCC2)NCC1(C)C. The van der Waals surface area contributed by atoms with Gasteiger partial charge in [0.05, 0.1) is 0 Å². The third-order valence-electron chi connectivity index (χ3n) is 5.34. The minimum Gasteiger partial charge on any atom is -0.308 e. The van der Waals surface area contributed by atoms with Gasteiger partial charge in [-0.3, -0.25) is 4.90 Å². The summed E-state index contributed by atoms with van der Waals surface area (Å²) in [6, 6.07) is 0.765. The number of hydrogen-bond donors (Lipinski definition) is 1. The molecule has 0 aromatic rings. The summed E-state index contributed by atoms with van der Waals surface area (Å²) in [5, 5.41) is 3.92. The second-order valence-corrected chi connectivity index (χ2v) is 7.11. The maximum Gasteiger partial charge on any atom is 0.0309 e. The molecule has 1 spiro atoms. The lowest BCUT2D eigenvalue weighted by atomic mass is 9.77. The lowest BCUT2D eigenvalue weighted by molar-refractivity contribution is -0.0219. The highest BCUT2D eigenvalue weighted by atomic mass is 15.3. The van der Waals surface area contributed by atoms with Crippen molar-refractivity contribution in [1.29, 1.82) is 0 Å². The van der Waals surface area contributed by atoms with Gasteiger partial charge < -0.3 is 5.32 Å². The zero-order valence-electron chi connectivity index (χ0n) is 12.9. The van der Waals surface area contributed by atoms with E-state index in [1.165, 1.54) is 51.5 Å². The van der Waals surface area contributed by atoms with E-state index in [4.69, 9.17) is 0 Å². The summed E-state index contributed by atoms with van der Waals surface area (Å²) in [5.74, 6) is 0. The van der Waals surface area contributed by atoms with Crippen LogP contribution in [0.3, 0.4) is 0 Å². The van der Waals surface area contributed by atoms with Crippen LogP contribution in [0, 0.1) is 0 Å². The summed E-state index contributed by atoms with van der Waals surface area (Å²) in [6.45, 7) is 11.9. The van der Waals surface area contributed by atoms with Crippen LogP contribution in [0.4, 0.5) is 0 Å². The maximum atomic E-state index is 3.92. The van der Waals surface area contributed by atoms with E-state index in [-0.39, 0.29) is 0 Å². The van der Waals surface area contributed by atoms with E-state index in [0.29, 0.717) is 11.1 Å². The highest BCUT2D eigenvalue weighted by Gasteiger charge is 2.44. The predicted molar refractivity (Wildman–Crippen MR) is 79.0 cm³/mol. The van der Waals surface area contributed by atoms with E-state index in [2.05, 4.69) is 37.9 Å². The smallest absolute Gasteiger partial charge is 0.0309 e. The van der Waals surface area contributed by atoms with Crippen LogP contribution in [-0.2, 0) is 0 Å². The molecule has 1 heterocycles. The first-order chi connectivity index (χ1) is 8.53. The third kappa shape index (κ3) is 2.75. The first kappa shape index (κ1) is 14.3. The molecule has 1 saturated carbocycles. The lowest BCUT2D eigenvalue weighted by Crippen LogP contribution is -2.70. The van der Waals surface area contributed by atoms with Crippen molar-refractivity contribution in [2.24, 2.45) is 0 Å². The molecule has 2 heteroatoms. The quantitative estimate of drug-likeness (QED) is 0.826. The molecule has 1 aliphatic heterocycles. The molecule has 0 amide bonds. The van der Waals surface area contributed by atoms with E-state index in [9.17, 15) is 0 Å². The molecule has 0 aromatic carbocycles. The number of piperazine rings is 1. The fraction of sp³-hybridized carbons (Fsp3) is 1.00. The van der Waals surface area contributed by atoms with Crippen molar-refractivity contribution in [2.45, 2.75) is 89.8 Å². The van der Waals surface area contributed by atoms with Gasteiger partial charge in [0.25, 0.3) is 0 Å². The molecule has 0 atom stereocenters. The van der Waals surface area contributed by atoms with Crippen molar-refractivity contribution in [2.75, 3.05) is 13.1 Å². The number of nitrogens with zero attached hydrogens (tertiary/aromatic N) is 1. The van der Waals surface area contributed by atoms with Gasteiger partial charge in [-0.1, -0.05) is 33.1 Å². The van der Waals surface area contributed by atoms with Crippen molar-refractivity contribution in [3.8, 4) is 0 Å². The predicted octanol–water partition coefficient (Wildman–Crippen LogP) is 3.56. The summed E-state index contributed by atoms with van der Waals surface area (Å²) >= 11 is 0. The van der Waals surface area contributed by atoms with E-state index < -0.39 is 0 Å². The fourth-order valence-electron chi connectivity index (χ4n) is 4.02. The molecule has 0 bridgehead atoms. The van der Waals surface area contributed by atoms with E-state index >= 15 is 0 Å². The maximum absolute atomic E-state index is 3.92. The van der Waals surface area contributed by atoms with Crippen molar-refractivity contribution in [3.63, 3.8) is 0 Å². The van der Waals surface area contributed by atoms with Gasteiger partial charge >= 0.3 is 0 Å². The van der Waals surface area contributed by atoms with Crippen LogP contribution in [0.5, 0.6) is 0 Å². The zero-order valence-corrected chi connectivity index (χ0v) is 12.9. The van der Waals surface area contributed by atoms with Crippen LogP contribution in [0.25, 0.3) is 0 Å². The Morgan fingerprint density at radius 1 is 1.06 bits per heavy atom. The summed E-state index contributed by atoms with van der Waals surface area (Å²) in [7, 11) is 0. The Hall–Kier alpha value is -0.0800. The molecule has 1 saturated heterocycles. The Morgan fingerprint density at radius 3 is 2.22 bits per heavy atom. The highest BCUT2D eigenvalue weighted by Crippen LogP contribution is 2.36. The van der Waals surface area contributed by atoms with Gasteiger partial charge in [-0.05, 0) is 39.5 Å². The van der Waals surface area contributed by atoms with Gasteiger partial charge in [-0.2, -0.15) is 0 Å². The van der Waals surface area contributed by atoms with Crippen LogP contribution in [0.1, 0.15) is 72.6 Å². The van der Waals surface area contributed by atoms with E-state index in [1.54, 1.807) is 0 Å². The Morgan fingerprint density at radius 2 is 1.67 bits per heavy atom. The van der Waals surface area contributed by atoms with Gasteiger partial charge in [-0.25, -0.2) is 0 Å². The summed E-state index contributed by atoms with van der Waals surface area (Å²) in [5.41, 5.74) is 0.760. The fourth-order valence-corrected chi connectivity index (χ4v) is 4.02. The van der Waals surface area contributed by atoms with Crippen LogP contribution >= 0.6 is 0 Å². The van der Waals surface area contributed by atoms with E-state index in [0.717, 1.165) is 12.6 Å². The second kappa shape index (κ2) is 5.50. The highest BCUT2D eigenvalue weighted by molar-refractivity contribution is 5.04. The average molecular weight is 252 g/mol. The van der Waals surface area contributed by atoms with Gasteiger partial charge in [0.1, 0.15) is 0 Å². The molecule has 2 fully saturated rings. The molecular formula is C16H32N2. The van der Waals surface area contributed by atoms with Crippen molar-refractivity contribution in [3.05, 3.63) is 0 Å². The Labute approximate surface area is 114 Å². The van der Waals surface area contributed by atoms with E-state index in [1.807, 2.05) is 0 Å². The third-order valence-corrected chi connectivity index (χ3v) is 5.34. The Kier molecular flexibility index (Phi) is 4.38. The molecular weight excluding hydrogens is 220 g/mol. The van der Waals surface area contributed by atoms with Crippen LogP contribution in [0.2, 0.25) is 0 Å². The van der Waals surface area contributed by atoms with Gasteiger partial charge in [0.2, 0.25) is 0 Å². The summed E-state index contributed by atoms with van der Waals surface area (Å²) < 4.78 is 0. The minimum absolute atomic E-state index is 0.319. The Bertz CT molecular complexity index is 262. The van der Waals surface area contributed by atoms with Gasteiger partial charge in [0.15, 0.2) is 0 Å². The first-order valence-corrected chi connectivity index (χ1v) is 8.05. The molecule has 0 aromatic heterocycles. The molecule has 2 nitrogen and oxygen atoms in total. The van der Waals surface area contributed by atoms with Crippen LogP contribution in [-0.4, -0.2) is 35.1 Å². The minimum atomic E-state index is 0.319. The van der Waals surface area contributed by atoms with Crippen molar-refractivity contribution < 1.29 is 0 Å². The molecule has 0 unspecified atom stereocenters. The molecule has 2 rings (SSSR count). The van der Waals surface area contributed by atoms with Crippen LogP contribution in [0.15, 0.2) is 0 Å². The molecule has 18 heavy (non-hydrogen) atoms. The zero-order chi connectivity index (χ0) is 13.2. The summed E-state index contributed by atoms with van der Waals surface area (Å²) in [4.78, 5) is 2.81. The topological polar surface area (TPSA) is 15.3 Å². The van der Waals surface area contributed by atoms with Crippen molar-refractivity contribution >= 4 is 0 Å². The second-order valence-electron chi connectivity index (χ2n) is 7.11. The summed E-state index contributed by atoms with van der Waals surface area (Å²) in [6.07, 6.45) is 9.64. The van der Waals surface area contributed by atoms with Crippen molar-refractivity contribution in [1.82, 2.24) is 10.2 Å². The standard InChI is InChI=1S/C16H32N2/c1-5-14(6-2)18-13-16(10-8-7-9-11-16)17-12-15(18,3)4/h14,17H,5-13H2,1-4H3. The Balaban J connectivity index is 2.13. The average Bonchev–Trinajstić information content (AvgIpc) is 2.37. The molecule has 0 radical (unpaired) electrons. The molecule has 1 N–H and O–H groups in total. The van der Waals surface area contributed by atoms with Gasteiger partial charge in [-0.15, -0.1) is 0 Å². The first-order valence-electron chi connectivity index (χ1n) is 8.05.